The predicted octanol–water partition coefficient (Wildman–Crippen LogP) is 1.33. The molecule has 0 spiro atoms. The lowest BCUT2D eigenvalue weighted by Crippen LogP contribution is -2.20. The van der Waals surface area contributed by atoms with Crippen molar-refractivity contribution in [2.24, 2.45) is 0 Å². The molecule has 0 radical (unpaired) electrons. The van der Waals surface area contributed by atoms with Crippen molar-refractivity contribution in [3.63, 3.8) is 0 Å². The lowest BCUT2D eigenvalue weighted by Gasteiger charge is -2.15. The summed E-state index contributed by atoms with van der Waals surface area (Å²) in [4.78, 5) is 3.57. The Labute approximate surface area is 106 Å². The van der Waals surface area contributed by atoms with Crippen molar-refractivity contribution >= 4 is 0 Å². The molecule has 8 heteroatoms. The van der Waals surface area contributed by atoms with Gasteiger partial charge in [-0.2, -0.15) is 18.4 Å². The third kappa shape index (κ3) is 5.11. The Bertz CT molecular complexity index is 442. The molecule has 0 aliphatic heterocycles. The molecule has 0 aliphatic carbocycles. The van der Waals surface area contributed by atoms with Gasteiger partial charge in [-0.1, -0.05) is 0 Å². The van der Waals surface area contributed by atoms with E-state index in [1.807, 2.05) is 0 Å². The molecule has 1 aromatic heterocycles. The zero-order valence-electron chi connectivity index (χ0n) is 9.63. The van der Waals surface area contributed by atoms with E-state index in [4.69, 9.17) is 5.26 Å². The molecule has 0 bridgehead atoms. The summed E-state index contributed by atoms with van der Waals surface area (Å²) in [6, 6.07) is 4.10. The number of aromatic nitrogens is 1. The number of aliphatic hydroxyl groups excluding tert-OH is 2. The van der Waals surface area contributed by atoms with Gasteiger partial charge in [0.2, 0.25) is 5.88 Å². The van der Waals surface area contributed by atoms with E-state index in [9.17, 15) is 23.4 Å². The Hall–Kier alpha value is -1.85. The molecule has 2 atom stereocenters. The Kier molecular flexibility index (Phi) is 5.09. The first-order chi connectivity index (χ1) is 8.83. The van der Waals surface area contributed by atoms with Crippen LogP contribution in [-0.4, -0.2) is 34.1 Å². The molecule has 19 heavy (non-hydrogen) atoms. The quantitative estimate of drug-likeness (QED) is 0.847. The van der Waals surface area contributed by atoms with Crippen LogP contribution >= 0.6 is 0 Å². The Balaban J connectivity index is 2.64. The number of alkyl halides is 3. The SMILES string of the molecule is N#CCC(O)C(O)c1ccc(OCC(F)(F)F)nc1. The fourth-order valence-corrected chi connectivity index (χ4v) is 1.24. The number of ether oxygens (including phenoxy) is 1. The average Bonchev–Trinajstić information content (AvgIpc) is 2.35. The minimum Gasteiger partial charge on any atom is -0.468 e. The number of halogens is 3. The highest BCUT2D eigenvalue weighted by Crippen LogP contribution is 2.21. The van der Waals surface area contributed by atoms with Gasteiger partial charge in [-0.3, -0.25) is 0 Å². The number of hydrogen-bond donors (Lipinski definition) is 2. The Morgan fingerprint density at radius 3 is 2.53 bits per heavy atom. The molecule has 5 nitrogen and oxygen atoms in total. The number of pyridine rings is 1. The van der Waals surface area contributed by atoms with Crippen molar-refractivity contribution in [2.75, 3.05) is 6.61 Å². The smallest absolute Gasteiger partial charge is 0.422 e. The number of hydrogen-bond acceptors (Lipinski definition) is 5. The van der Waals surface area contributed by atoms with Gasteiger partial charge < -0.3 is 14.9 Å². The summed E-state index contributed by atoms with van der Waals surface area (Å²) in [6.07, 6.45) is -6.26. The summed E-state index contributed by atoms with van der Waals surface area (Å²) in [5.41, 5.74) is 0.183. The van der Waals surface area contributed by atoms with Crippen molar-refractivity contribution < 1.29 is 28.1 Å². The number of aliphatic hydroxyl groups is 2. The van der Waals surface area contributed by atoms with Crippen molar-refractivity contribution in [1.29, 1.82) is 5.26 Å². The predicted molar refractivity (Wildman–Crippen MR) is 57.0 cm³/mol. The zero-order valence-corrected chi connectivity index (χ0v) is 9.63. The maximum Gasteiger partial charge on any atom is 0.422 e. The molecule has 0 fully saturated rings. The van der Waals surface area contributed by atoms with Crippen molar-refractivity contribution in [2.45, 2.75) is 24.8 Å². The third-order valence-corrected chi connectivity index (χ3v) is 2.15. The minimum absolute atomic E-state index is 0.183. The number of nitriles is 1. The van der Waals surface area contributed by atoms with Crippen LogP contribution in [0.4, 0.5) is 13.2 Å². The Morgan fingerprint density at radius 1 is 1.37 bits per heavy atom. The molecule has 2 N–H and O–H groups in total. The van der Waals surface area contributed by atoms with Crippen molar-refractivity contribution in [3.05, 3.63) is 23.9 Å². The molecule has 1 aromatic rings. The standard InChI is InChI=1S/C11H11F3N2O3/c12-11(13,14)6-19-9-2-1-7(5-16-9)10(18)8(17)3-4-15/h1-2,5,8,10,17-18H,3,6H2. The molecule has 0 saturated carbocycles. The second kappa shape index (κ2) is 6.36. The zero-order chi connectivity index (χ0) is 14.5. The van der Waals surface area contributed by atoms with Crippen LogP contribution in [0.5, 0.6) is 5.88 Å². The van der Waals surface area contributed by atoms with E-state index in [0.717, 1.165) is 12.3 Å². The highest BCUT2D eigenvalue weighted by molar-refractivity contribution is 5.20. The molecule has 0 aliphatic rings. The first-order valence-corrected chi connectivity index (χ1v) is 5.22. The molecule has 1 rings (SSSR count). The molecule has 1 heterocycles. The largest absolute Gasteiger partial charge is 0.468 e. The fourth-order valence-electron chi connectivity index (χ4n) is 1.24. The highest BCUT2D eigenvalue weighted by atomic mass is 19.4. The van der Waals surface area contributed by atoms with Crippen LogP contribution in [0.15, 0.2) is 18.3 Å². The molecular formula is C11H11F3N2O3. The summed E-state index contributed by atoms with van der Waals surface area (Å²) < 4.78 is 40.0. The number of rotatable bonds is 5. The van der Waals surface area contributed by atoms with Crippen LogP contribution in [0.2, 0.25) is 0 Å². The van der Waals surface area contributed by atoms with E-state index < -0.39 is 25.0 Å². The molecule has 0 aromatic carbocycles. The van der Waals surface area contributed by atoms with Crippen LogP contribution < -0.4 is 4.74 Å². The van der Waals surface area contributed by atoms with Gasteiger partial charge in [0.1, 0.15) is 6.10 Å². The molecule has 2 unspecified atom stereocenters. The van der Waals surface area contributed by atoms with E-state index in [1.165, 1.54) is 6.07 Å². The van der Waals surface area contributed by atoms with E-state index in [2.05, 4.69) is 9.72 Å². The number of nitrogens with zero attached hydrogens (tertiary/aromatic N) is 2. The lowest BCUT2D eigenvalue weighted by atomic mass is 10.0. The normalized spacial score (nSPS) is 14.5. The van der Waals surface area contributed by atoms with Gasteiger partial charge in [0.25, 0.3) is 0 Å². The van der Waals surface area contributed by atoms with Gasteiger partial charge in [0.15, 0.2) is 6.61 Å². The molecule has 104 valence electrons. The van der Waals surface area contributed by atoms with Gasteiger partial charge in [-0.15, -0.1) is 0 Å². The first-order valence-electron chi connectivity index (χ1n) is 5.22. The first kappa shape index (κ1) is 15.2. The van der Waals surface area contributed by atoms with Crippen LogP contribution in [0.3, 0.4) is 0 Å². The van der Waals surface area contributed by atoms with Crippen LogP contribution in [-0.2, 0) is 0 Å². The van der Waals surface area contributed by atoms with Crippen molar-refractivity contribution in [1.82, 2.24) is 4.98 Å². The van der Waals surface area contributed by atoms with Crippen LogP contribution in [0.25, 0.3) is 0 Å². The minimum atomic E-state index is -4.46. The van der Waals surface area contributed by atoms with E-state index in [0.29, 0.717) is 0 Å². The van der Waals surface area contributed by atoms with E-state index >= 15 is 0 Å². The van der Waals surface area contributed by atoms with Gasteiger partial charge in [-0.25, -0.2) is 4.98 Å². The second-order valence-corrected chi connectivity index (χ2v) is 3.71. The van der Waals surface area contributed by atoms with Gasteiger partial charge in [-0.05, 0) is 6.07 Å². The third-order valence-electron chi connectivity index (χ3n) is 2.15. The summed E-state index contributed by atoms with van der Waals surface area (Å²) in [5.74, 6) is -0.247. The van der Waals surface area contributed by atoms with Gasteiger partial charge in [0, 0.05) is 17.8 Å². The average molecular weight is 276 g/mol. The topological polar surface area (TPSA) is 86.4 Å². The molecular weight excluding hydrogens is 265 g/mol. The van der Waals surface area contributed by atoms with E-state index in [-0.39, 0.29) is 17.9 Å². The van der Waals surface area contributed by atoms with E-state index in [1.54, 1.807) is 6.07 Å². The molecule has 0 amide bonds. The Morgan fingerprint density at radius 2 is 2.05 bits per heavy atom. The van der Waals surface area contributed by atoms with Crippen molar-refractivity contribution in [3.8, 4) is 11.9 Å². The maximum absolute atomic E-state index is 11.9. The summed E-state index contributed by atoms with van der Waals surface area (Å²) in [7, 11) is 0. The lowest BCUT2D eigenvalue weighted by molar-refractivity contribution is -0.154. The monoisotopic (exact) mass is 276 g/mol. The summed E-state index contributed by atoms with van der Waals surface area (Å²) in [5, 5.41) is 27.3. The second-order valence-electron chi connectivity index (χ2n) is 3.71. The highest BCUT2D eigenvalue weighted by Gasteiger charge is 2.28. The molecule has 0 saturated heterocycles. The van der Waals surface area contributed by atoms with Gasteiger partial charge in [0.05, 0.1) is 18.6 Å². The summed E-state index contributed by atoms with van der Waals surface area (Å²) in [6.45, 7) is -1.46. The summed E-state index contributed by atoms with van der Waals surface area (Å²) >= 11 is 0. The van der Waals surface area contributed by atoms with Gasteiger partial charge >= 0.3 is 6.18 Å². The van der Waals surface area contributed by atoms with Crippen LogP contribution in [0.1, 0.15) is 18.1 Å². The fraction of sp³-hybridized carbons (Fsp3) is 0.455. The maximum atomic E-state index is 11.9. The van der Waals surface area contributed by atoms with Crippen LogP contribution in [0, 0.1) is 11.3 Å².